The van der Waals surface area contributed by atoms with E-state index in [9.17, 15) is 8.42 Å². The zero-order valence-electron chi connectivity index (χ0n) is 15.2. The normalized spacial score (nSPS) is 28.2. The van der Waals surface area contributed by atoms with Gasteiger partial charge in [-0.15, -0.1) is 0 Å². The van der Waals surface area contributed by atoms with E-state index in [0.29, 0.717) is 19.6 Å². The van der Waals surface area contributed by atoms with Crippen LogP contribution in [-0.4, -0.2) is 68.7 Å². The van der Waals surface area contributed by atoms with Crippen molar-refractivity contribution in [2.45, 2.75) is 25.7 Å². The fraction of sp³-hybridized carbons (Fsp3) is 0.667. The van der Waals surface area contributed by atoms with Crippen LogP contribution in [0.15, 0.2) is 30.3 Å². The highest BCUT2D eigenvalue weighted by atomic mass is 32.2. The number of nitrogens with zero attached hydrogens (tertiary/aromatic N) is 3. The molecule has 0 N–H and O–H groups in total. The Bertz CT molecular complexity index is 681. The molecule has 1 saturated carbocycles. The Kier molecular flexibility index (Phi) is 4.53. The van der Waals surface area contributed by atoms with Gasteiger partial charge in [-0.05, 0) is 24.4 Å². The molecule has 24 heavy (non-hydrogen) atoms. The highest BCUT2D eigenvalue weighted by Crippen LogP contribution is 2.64. The van der Waals surface area contributed by atoms with E-state index in [1.54, 1.807) is 15.7 Å². The smallest absolute Gasteiger partial charge is 0.281 e. The standard InChI is InChI=1S/C18H29N3O2S/c1-17(2)14-18(17,16-8-6-5-7-9-16)15-20(4)24(22,23)21-12-10-19(3)11-13-21/h5-9H,10-15H2,1-4H3/t18-/m1/s1. The van der Waals surface area contributed by atoms with Crippen molar-refractivity contribution >= 4 is 10.2 Å². The number of likely N-dealkylation sites (N-methyl/N-ethyl adjacent to an activating group) is 2. The molecule has 1 aromatic carbocycles. The van der Waals surface area contributed by atoms with Crippen LogP contribution in [-0.2, 0) is 15.6 Å². The van der Waals surface area contributed by atoms with Crippen molar-refractivity contribution in [3.8, 4) is 0 Å². The molecule has 0 spiro atoms. The third-order valence-electron chi connectivity index (χ3n) is 5.92. The molecule has 6 heteroatoms. The summed E-state index contributed by atoms with van der Waals surface area (Å²) in [4.78, 5) is 2.17. The first-order valence-electron chi connectivity index (χ1n) is 8.65. The number of hydrogen-bond acceptors (Lipinski definition) is 3. The zero-order chi connectivity index (χ0) is 17.6. The summed E-state index contributed by atoms with van der Waals surface area (Å²) in [6.45, 7) is 7.74. The summed E-state index contributed by atoms with van der Waals surface area (Å²) in [5.74, 6) is 0. The SMILES string of the molecule is CN1CCN(S(=O)(=O)N(C)C[C@@]2(c3ccccc3)CC2(C)C)CC1. The summed E-state index contributed by atoms with van der Waals surface area (Å²) in [6.07, 6.45) is 1.02. The minimum absolute atomic E-state index is 0.0807. The van der Waals surface area contributed by atoms with Crippen LogP contribution in [0.5, 0.6) is 0 Å². The van der Waals surface area contributed by atoms with Gasteiger partial charge in [0.1, 0.15) is 0 Å². The van der Waals surface area contributed by atoms with Crippen LogP contribution in [0.4, 0.5) is 0 Å². The van der Waals surface area contributed by atoms with Gasteiger partial charge in [0.2, 0.25) is 0 Å². The predicted octanol–water partition coefficient (Wildman–Crippen LogP) is 1.78. The fourth-order valence-electron chi connectivity index (χ4n) is 4.00. The zero-order valence-corrected chi connectivity index (χ0v) is 16.0. The largest absolute Gasteiger partial charge is 0.304 e. The van der Waals surface area contributed by atoms with Gasteiger partial charge in [0.05, 0.1) is 0 Å². The van der Waals surface area contributed by atoms with Crippen LogP contribution in [0.1, 0.15) is 25.8 Å². The first-order chi connectivity index (χ1) is 11.2. The molecule has 3 rings (SSSR count). The van der Waals surface area contributed by atoms with Gasteiger partial charge in [-0.2, -0.15) is 17.0 Å². The molecule has 1 aliphatic heterocycles. The van der Waals surface area contributed by atoms with Gasteiger partial charge >= 0.3 is 0 Å². The maximum absolute atomic E-state index is 13.0. The second kappa shape index (κ2) is 6.09. The maximum Gasteiger partial charge on any atom is 0.281 e. The fourth-order valence-corrected chi connectivity index (χ4v) is 5.40. The van der Waals surface area contributed by atoms with Gasteiger partial charge in [0.15, 0.2) is 0 Å². The second-order valence-electron chi connectivity index (χ2n) is 7.97. The van der Waals surface area contributed by atoms with Crippen LogP contribution in [0.3, 0.4) is 0 Å². The highest BCUT2D eigenvalue weighted by Gasteiger charge is 2.62. The third kappa shape index (κ3) is 3.01. The lowest BCUT2D eigenvalue weighted by Crippen LogP contribution is -2.52. The summed E-state index contributed by atoms with van der Waals surface area (Å²) < 4.78 is 29.1. The van der Waals surface area contributed by atoms with Crippen LogP contribution >= 0.6 is 0 Å². The number of rotatable bonds is 5. The molecule has 2 fully saturated rings. The van der Waals surface area contributed by atoms with Crippen molar-refractivity contribution in [1.29, 1.82) is 0 Å². The molecule has 0 bridgehead atoms. The predicted molar refractivity (Wildman–Crippen MR) is 97.1 cm³/mol. The first-order valence-corrected chi connectivity index (χ1v) is 10.0. The van der Waals surface area contributed by atoms with Crippen molar-refractivity contribution in [3.63, 3.8) is 0 Å². The Hall–Kier alpha value is -0.950. The van der Waals surface area contributed by atoms with Gasteiger partial charge in [-0.1, -0.05) is 44.2 Å². The molecule has 1 aliphatic carbocycles. The Morgan fingerprint density at radius 3 is 2.12 bits per heavy atom. The topological polar surface area (TPSA) is 43.9 Å². The number of benzene rings is 1. The second-order valence-corrected chi connectivity index (χ2v) is 10.0. The number of hydrogen-bond donors (Lipinski definition) is 0. The molecule has 134 valence electrons. The van der Waals surface area contributed by atoms with E-state index in [1.807, 2.05) is 25.2 Å². The summed E-state index contributed by atoms with van der Waals surface area (Å²) in [5.41, 5.74) is 1.29. The molecule has 1 saturated heterocycles. The Labute approximate surface area is 146 Å². The van der Waals surface area contributed by atoms with Gasteiger partial charge in [0, 0.05) is 45.2 Å². The van der Waals surface area contributed by atoms with Crippen LogP contribution < -0.4 is 0 Å². The lowest BCUT2D eigenvalue weighted by Gasteiger charge is -2.35. The van der Waals surface area contributed by atoms with E-state index in [1.165, 1.54) is 5.56 Å². The maximum atomic E-state index is 13.0. The summed E-state index contributed by atoms with van der Waals surface area (Å²) in [6, 6.07) is 10.4. The third-order valence-corrected chi connectivity index (χ3v) is 7.85. The van der Waals surface area contributed by atoms with Crippen LogP contribution in [0, 0.1) is 5.41 Å². The van der Waals surface area contributed by atoms with Crippen molar-refractivity contribution in [2.24, 2.45) is 5.41 Å². The van der Waals surface area contributed by atoms with Crippen molar-refractivity contribution in [2.75, 3.05) is 46.8 Å². The van der Waals surface area contributed by atoms with E-state index >= 15 is 0 Å². The number of piperazine rings is 1. The van der Waals surface area contributed by atoms with Gasteiger partial charge in [-0.25, -0.2) is 0 Å². The van der Waals surface area contributed by atoms with E-state index in [2.05, 4.69) is 30.9 Å². The van der Waals surface area contributed by atoms with Crippen molar-refractivity contribution in [1.82, 2.24) is 13.5 Å². The summed E-state index contributed by atoms with van der Waals surface area (Å²) in [5, 5.41) is 0. The van der Waals surface area contributed by atoms with E-state index < -0.39 is 10.2 Å². The van der Waals surface area contributed by atoms with E-state index in [0.717, 1.165) is 19.5 Å². The molecule has 0 radical (unpaired) electrons. The quantitative estimate of drug-likeness (QED) is 0.812. The minimum atomic E-state index is -3.40. The molecule has 0 unspecified atom stereocenters. The average Bonchev–Trinajstić information content (AvgIpc) is 3.10. The lowest BCUT2D eigenvalue weighted by atomic mass is 9.88. The molecule has 2 aliphatic rings. The van der Waals surface area contributed by atoms with Gasteiger partial charge in [0.25, 0.3) is 10.2 Å². The lowest BCUT2D eigenvalue weighted by molar-refractivity contribution is 0.212. The molecule has 1 atom stereocenters. The van der Waals surface area contributed by atoms with Crippen LogP contribution in [0.2, 0.25) is 0 Å². The monoisotopic (exact) mass is 351 g/mol. The Morgan fingerprint density at radius 1 is 1.08 bits per heavy atom. The summed E-state index contributed by atoms with van der Waals surface area (Å²) in [7, 11) is 0.365. The Morgan fingerprint density at radius 2 is 1.62 bits per heavy atom. The first kappa shape index (κ1) is 17.9. The molecular formula is C18H29N3O2S. The molecular weight excluding hydrogens is 322 g/mol. The van der Waals surface area contributed by atoms with E-state index in [-0.39, 0.29) is 10.8 Å². The molecule has 5 nitrogen and oxygen atoms in total. The Balaban J connectivity index is 1.79. The molecule has 0 amide bonds. The summed E-state index contributed by atoms with van der Waals surface area (Å²) >= 11 is 0. The van der Waals surface area contributed by atoms with E-state index in [4.69, 9.17) is 0 Å². The van der Waals surface area contributed by atoms with Gasteiger partial charge < -0.3 is 4.90 Å². The van der Waals surface area contributed by atoms with Crippen molar-refractivity contribution in [3.05, 3.63) is 35.9 Å². The van der Waals surface area contributed by atoms with Gasteiger partial charge in [-0.3, -0.25) is 0 Å². The van der Waals surface area contributed by atoms with Crippen LogP contribution in [0.25, 0.3) is 0 Å². The molecule has 1 heterocycles. The van der Waals surface area contributed by atoms with Crippen molar-refractivity contribution < 1.29 is 8.42 Å². The molecule has 1 aromatic rings. The highest BCUT2D eigenvalue weighted by molar-refractivity contribution is 7.86. The average molecular weight is 352 g/mol. The molecule has 0 aromatic heterocycles. The minimum Gasteiger partial charge on any atom is -0.304 e.